The van der Waals surface area contributed by atoms with Crippen LogP contribution in [0.1, 0.15) is 43.6 Å². The Morgan fingerprint density at radius 3 is 2.57 bits per heavy atom. The normalized spacial score (nSPS) is 19.2. The summed E-state index contributed by atoms with van der Waals surface area (Å²) < 4.78 is 11.1. The topological polar surface area (TPSA) is 58.8 Å². The Bertz CT molecular complexity index is 809. The number of carbonyl (C=O) groups excluding carboxylic acids is 1. The van der Waals surface area contributed by atoms with Crippen molar-refractivity contribution >= 4 is 5.91 Å². The van der Waals surface area contributed by atoms with Crippen molar-refractivity contribution < 1.29 is 13.9 Å². The van der Waals surface area contributed by atoms with Crippen LogP contribution < -0.4 is 4.74 Å². The highest BCUT2D eigenvalue weighted by Crippen LogP contribution is 2.26. The second-order valence-corrected chi connectivity index (χ2v) is 7.84. The summed E-state index contributed by atoms with van der Waals surface area (Å²) in [7, 11) is 1.65. The minimum atomic E-state index is 0.259. The molecule has 6 heteroatoms. The molecule has 0 spiro atoms. The summed E-state index contributed by atoms with van der Waals surface area (Å²) in [5.74, 6) is 2.49. The van der Waals surface area contributed by atoms with Crippen molar-refractivity contribution in [1.29, 1.82) is 0 Å². The molecule has 2 fully saturated rings. The number of ether oxygens (including phenoxy) is 1. The molecule has 2 aliphatic rings. The van der Waals surface area contributed by atoms with Gasteiger partial charge in [0.15, 0.2) is 0 Å². The molecule has 1 saturated carbocycles. The summed E-state index contributed by atoms with van der Waals surface area (Å²) in [6, 6.07) is 8.15. The van der Waals surface area contributed by atoms with Crippen molar-refractivity contribution in [2.45, 2.75) is 51.6 Å². The second-order valence-electron chi connectivity index (χ2n) is 7.84. The van der Waals surface area contributed by atoms with E-state index in [9.17, 15) is 4.79 Å². The van der Waals surface area contributed by atoms with E-state index < -0.39 is 0 Å². The molecule has 0 unspecified atom stereocenters. The van der Waals surface area contributed by atoms with E-state index in [1.807, 2.05) is 31.2 Å². The van der Waals surface area contributed by atoms with Crippen molar-refractivity contribution in [2.24, 2.45) is 0 Å². The van der Waals surface area contributed by atoms with Gasteiger partial charge >= 0.3 is 0 Å². The number of aromatic nitrogens is 1. The van der Waals surface area contributed by atoms with Crippen LogP contribution in [0.4, 0.5) is 0 Å². The largest absolute Gasteiger partial charge is 0.497 e. The molecule has 150 valence electrons. The Labute approximate surface area is 166 Å². The van der Waals surface area contributed by atoms with Crippen LogP contribution in [0.5, 0.6) is 5.75 Å². The molecule has 0 N–H and O–H groups in total. The first-order valence-electron chi connectivity index (χ1n) is 10.3. The lowest BCUT2D eigenvalue weighted by atomic mass is 9.93. The van der Waals surface area contributed by atoms with Crippen molar-refractivity contribution in [3.63, 3.8) is 0 Å². The fraction of sp³-hybridized carbons (Fsp3) is 0.545. The Morgan fingerprint density at radius 1 is 1.14 bits per heavy atom. The molecule has 1 saturated heterocycles. The van der Waals surface area contributed by atoms with Gasteiger partial charge in [0.1, 0.15) is 11.5 Å². The van der Waals surface area contributed by atoms with Gasteiger partial charge in [0, 0.05) is 31.2 Å². The maximum atomic E-state index is 12.7. The molecule has 0 atom stereocenters. The number of benzene rings is 1. The maximum Gasteiger partial charge on any atom is 0.237 e. The molecule has 1 aliphatic carbocycles. The lowest BCUT2D eigenvalue weighted by Gasteiger charge is -2.40. The Morgan fingerprint density at radius 2 is 1.89 bits per heavy atom. The summed E-state index contributed by atoms with van der Waals surface area (Å²) in [5, 5.41) is 0. The number of amides is 1. The fourth-order valence-corrected chi connectivity index (χ4v) is 4.29. The van der Waals surface area contributed by atoms with Crippen LogP contribution in [0, 0.1) is 6.92 Å². The zero-order valence-corrected chi connectivity index (χ0v) is 16.8. The van der Waals surface area contributed by atoms with Gasteiger partial charge in [-0.2, -0.15) is 0 Å². The summed E-state index contributed by atoms with van der Waals surface area (Å²) in [6.07, 6.45) is 6.15. The van der Waals surface area contributed by atoms with Crippen molar-refractivity contribution in [1.82, 2.24) is 14.8 Å². The minimum absolute atomic E-state index is 0.259. The molecule has 1 aliphatic heterocycles. The third-order valence-electron chi connectivity index (χ3n) is 5.95. The number of hydrogen-bond acceptors (Lipinski definition) is 5. The lowest BCUT2D eigenvalue weighted by molar-refractivity contribution is -0.139. The SMILES string of the molecule is COc1ccc(-c2nc(CN3CCN(C4CCCCC4)C(=O)C3)c(C)o2)cc1. The molecule has 0 bridgehead atoms. The number of hydrogen-bond donors (Lipinski definition) is 0. The molecule has 1 aromatic heterocycles. The summed E-state index contributed by atoms with van der Waals surface area (Å²) in [4.78, 5) is 21.7. The maximum absolute atomic E-state index is 12.7. The number of aryl methyl sites for hydroxylation is 1. The van der Waals surface area contributed by atoms with Gasteiger partial charge in [-0.3, -0.25) is 9.69 Å². The van der Waals surface area contributed by atoms with Crippen LogP contribution in [0.25, 0.3) is 11.5 Å². The Balaban J connectivity index is 1.39. The van der Waals surface area contributed by atoms with Crippen LogP contribution >= 0.6 is 0 Å². The van der Waals surface area contributed by atoms with E-state index in [2.05, 4.69) is 14.8 Å². The zero-order valence-electron chi connectivity index (χ0n) is 16.8. The molecular weight excluding hydrogens is 354 g/mol. The fourth-order valence-electron chi connectivity index (χ4n) is 4.29. The number of piperazine rings is 1. The Kier molecular flexibility index (Phi) is 5.67. The summed E-state index contributed by atoms with van der Waals surface area (Å²) in [6.45, 7) is 4.78. The highest BCUT2D eigenvalue weighted by Gasteiger charge is 2.31. The molecule has 4 rings (SSSR count). The molecule has 1 amide bonds. The van der Waals surface area contributed by atoms with Gasteiger partial charge in [-0.15, -0.1) is 0 Å². The van der Waals surface area contributed by atoms with Gasteiger partial charge in [0.25, 0.3) is 0 Å². The predicted molar refractivity (Wildman–Crippen MR) is 107 cm³/mol. The second kappa shape index (κ2) is 8.35. The van der Waals surface area contributed by atoms with E-state index in [0.717, 1.165) is 35.9 Å². The van der Waals surface area contributed by atoms with Gasteiger partial charge in [0.2, 0.25) is 11.8 Å². The first kappa shape index (κ1) is 19.0. The molecule has 6 nitrogen and oxygen atoms in total. The highest BCUT2D eigenvalue weighted by atomic mass is 16.5. The highest BCUT2D eigenvalue weighted by molar-refractivity contribution is 5.79. The number of oxazole rings is 1. The summed E-state index contributed by atoms with van der Waals surface area (Å²) in [5.41, 5.74) is 1.83. The minimum Gasteiger partial charge on any atom is -0.497 e. The lowest BCUT2D eigenvalue weighted by Crippen LogP contribution is -2.54. The van der Waals surface area contributed by atoms with E-state index in [0.29, 0.717) is 25.0 Å². The average molecular weight is 383 g/mol. The monoisotopic (exact) mass is 383 g/mol. The van der Waals surface area contributed by atoms with Crippen molar-refractivity contribution in [3.05, 3.63) is 35.7 Å². The van der Waals surface area contributed by atoms with Gasteiger partial charge < -0.3 is 14.1 Å². The van der Waals surface area contributed by atoms with E-state index in [1.54, 1.807) is 7.11 Å². The van der Waals surface area contributed by atoms with E-state index in [4.69, 9.17) is 9.15 Å². The zero-order chi connectivity index (χ0) is 19.5. The third kappa shape index (κ3) is 4.07. The molecule has 1 aromatic carbocycles. The van der Waals surface area contributed by atoms with E-state index in [1.165, 1.54) is 32.1 Å². The van der Waals surface area contributed by atoms with Gasteiger partial charge in [-0.1, -0.05) is 19.3 Å². The van der Waals surface area contributed by atoms with E-state index in [-0.39, 0.29) is 5.91 Å². The molecule has 2 aromatic rings. The smallest absolute Gasteiger partial charge is 0.237 e. The van der Waals surface area contributed by atoms with Crippen LogP contribution in [0.2, 0.25) is 0 Å². The molecule has 2 heterocycles. The van der Waals surface area contributed by atoms with Crippen molar-refractivity contribution in [2.75, 3.05) is 26.7 Å². The van der Waals surface area contributed by atoms with Gasteiger partial charge in [0.05, 0.1) is 19.3 Å². The first-order chi connectivity index (χ1) is 13.6. The third-order valence-corrected chi connectivity index (χ3v) is 5.95. The predicted octanol–water partition coefficient (Wildman–Crippen LogP) is 3.64. The van der Waals surface area contributed by atoms with Gasteiger partial charge in [-0.05, 0) is 44.0 Å². The van der Waals surface area contributed by atoms with Crippen LogP contribution in [-0.4, -0.2) is 53.5 Å². The first-order valence-corrected chi connectivity index (χ1v) is 10.3. The molecule has 0 radical (unpaired) electrons. The number of rotatable bonds is 5. The van der Waals surface area contributed by atoms with Crippen LogP contribution in [-0.2, 0) is 11.3 Å². The molecule has 28 heavy (non-hydrogen) atoms. The van der Waals surface area contributed by atoms with Crippen molar-refractivity contribution in [3.8, 4) is 17.2 Å². The van der Waals surface area contributed by atoms with Crippen LogP contribution in [0.15, 0.2) is 28.7 Å². The van der Waals surface area contributed by atoms with Crippen LogP contribution in [0.3, 0.4) is 0 Å². The Hall–Kier alpha value is -2.34. The average Bonchev–Trinajstić information content (AvgIpc) is 3.09. The number of nitrogens with zero attached hydrogens (tertiary/aromatic N) is 3. The quantitative estimate of drug-likeness (QED) is 0.789. The molecular formula is C22H29N3O3. The number of carbonyl (C=O) groups is 1. The van der Waals surface area contributed by atoms with E-state index >= 15 is 0 Å². The standard InChI is InChI=1S/C22H29N3O3/c1-16-20(23-22(28-16)17-8-10-19(27-2)11-9-17)14-24-12-13-25(21(26)15-24)18-6-4-3-5-7-18/h8-11,18H,3-7,12-15H2,1-2H3. The number of methoxy groups -OCH3 is 1. The summed E-state index contributed by atoms with van der Waals surface area (Å²) >= 11 is 0. The van der Waals surface area contributed by atoms with Gasteiger partial charge in [-0.25, -0.2) is 4.98 Å².